The Hall–Kier alpha value is -1.25. The van der Waals surface area contributed by atoms with Gasteiger partial charge in [0.15, 0.2) is 0 Å². The summed E-state index contributed by atoms with van der Waals surface area (Å²) >= 11 is 0. The maximum absolute atomic E-state index is 10.4. The normalized spacial score (nSPS) is 6.90. The Kier molecular flexibility index (Phi) is 5.14. The molecule has 0 saturated carbocycles. The predicted octanol–water partition coefficient (Wildman–Crippen LogP) is 2.01. The number of hydrogen-bond acceptors (Lipinski definition) is 1. The lowest BCUT2D eigenvalue weighted by atomic mass is 10.2. The van der Waals surface area contributed by atoms with E-state index in [2.05, 4.69) is 23.8 Å². The van der Waals surface area contributed by atoms with Crippen LogP contribution in [0.4, 0.5) is 0 Å². The summed E-state index contributed by atoms with van der Waals surface area (Å²) in [5.74, 6) is 0.195. The molecule has 0 saturated heterocycles. The lowest BCUT2D eigenvalue weighted by molar-refractivity contribution is -0.116. The van der Waals surface area contributed by atoms with Crippen LogP contribution in [0.2, 0.25) is 0 Å². The molecular weight excluding hydrogens is 124 g/mol. The second-order valence-corrected chi connectivity index (χ2v) is 1.89. The molecule has 1 heteroatoms. The van der Waals surface area contributed by atoms with E-state index in [4.69, 9.17) is 0 Å². The number of Topliss-reactive ketones (excluding diaryl/α,β-unsaturated/α-hetero) is 1. The van der Waals surface area contributed by atoms with Crippen molar-refractivity contribution in [1.82, 2.24) is 0 Å². The maximum atomic E-state index is 10.4. The summed E-state index contributed by atoms with van der Waals surface area (Å²) < 4.78 is 0. The Balaban J connectivity index is 3.66. The SMILES string of the molecule is C=C=C=C=CCCC(C)=O. The number of rotatable bonds is 3. The van der Waals surface area contributed by atoms with Gasteiger partial charge < -0.3 is 4.79 Å². The summed E-state index contributed by atoms with van der Waals surface area (Å²) in [6, 6.07) is 0. The van der Waals surface area contributed by atoms with Gasteiger partial charge in [-0.3, -0.25) is 0 Å². The molecule has 0 aromatic rings. The van der Waals surface area contributed by atoms with Crippen molar-refractivity contribution in [3.63, 3.8) is 0 Å². The van der Waals surface area contributed by atoms with Gasteiger partial charge in [0, 0.05) is 6.42 Å². The highest BCUT2D eigenvalue weighted by Gasteiger charge is 1.86. The van der Waals surface area contributed by atoms with Gasteiger partial charge >= 0.3 is 0 Å². The number of carbonyl (C=O) groups excluding carboxylic acids is 1. The molecule has 0 rings (SSSR count). The van der Waals surface area contributed by atoms with Crippen molar-refractivity contribution < 1.29 is 4.79 Å². The van der Waals surface area contributed by atoms with Crippen molar-refractivity contribution in [2.24, 2.45) is 0 Å². The summed E-state index contributed by atoms with van der Waals surface area (Å²) in [4.78, 5) is 10.4. The highest BCUT2D eigenvalue weighted by molar-refractivity contribution is 5.75. The fourth-order valence-electron chi connectivity index (χ4n) is 0.450. The van der Waals surface area contributed by atoms with Crippen LogP contribution in [0.25, 0.3) is 0 Å². The van der Waals surface area contributed by atoms with Crippen molar-refractivity contribution in [3.05, 3.63) is 29.8 Å². The highest BCUT2D eigenvalue weighted by atomic mass is 16.1. The third kappa shape index (κ3) is 6.75. The minimum absolute atomic E-state index is 0.195. The fourth-order valence-corrected chi connectivity index (χ4v) is 0.450. The molecule has 0 N–H and O–H groups in total. The zero-order valence-corrected chi connectivity index (χ0v) is 6.11. The molecule has 0 bridgehead atoms. The lowest BCUT2D eigenvalue weighted by Crippen LogP contribution is -1.85. The third-order valence-corrected chi connectivity index (χ3v) is 0.903. The van der Waals surface area contributed by atoms with E-state index in [0.29, 0.717) is 6.42 Å². The first-order valence-corrected chi connectivity index (χ1v) is 3.11. The lowest BCUT2D eigenvalue weighted by Gasteiger charge is -1.82. The van der Waals surface area contributed by atoms with E-state index in [-0.39, 0.29) is 5.78 Å². The molecule has 0 aromatic carbocycles. The third-order valence-electron chi connectivity index (χ3n) is 0.903. The number of allylic oxidation sites excluding steroid dienone is 1. The first-order valence-electron chi connectivity index (χ1n) is 3.11. The van der Waals surface area contributed by atoms with Crippen LogP contribution in [0.5, 0.6) is 0 Å². The van der Waals surface area contributed by atoms with Crippen LogP contribution in [0, 0.1) is 0 Å². The quantitative estimate of drug-likeness (QED) is 0.539. The summed E-state index contributed by atoms with van der Waals surface area (Å²) in [6.45, 7) is 4.88. The molecule has 0 heterocycles. The molecule has 0 atom stereocenters. The molecule has 0 aliphatic heterocycles. The summed E-state index contributed by atoms with van der Waals surface area (Å²) in [7, 11) is 0. The maximum Gasteiger partial charge on any atom is 0.130 e. The summed E-state index contributed by atoms with van der Waals surface area (Å²) in [5.41, 5.74) is 7.66. The molecule has 1 nitrogen and oxygen atoms in total. The Bertz CT molecular complexity index is 219. The Morgan fingerprint density at radius 2 is 2.40 bits per heavy atom. The molecule has 0 aliphatic rings. The van der Waals surface area contributed by atoms with E-state index in [1.54, 1.807) is 13.0 Å². The van der Waals surface area contributed by atoms with E-state index in [1.807, 2.05) is 0 Å². The van der Waals surface area contributed by atoms with Crippen molar-refractivity contribution in [3.8, 4) is 0 Å². The number of hydrogen-bond donors (Lipinski definition) is 0. The van der Waals surface area contributed by atoms with E-state index >= 15 is 0 Å². The molecule has 0 amide bonds. The molecule has 0 aliphatic carbocycles. The van der Waals surface area contributed by atoms with E-state index in [0.717, 1.165) is 6.42 Å². The fraction of sp³-hybridized carbons (Fsp3) is 0.333. The Labute approximate surface area is 61.1 Å². The standard InChI is InChI=1S/C9H10O/c1-3-4-5-6-7-8-9(2)10/h6H,1,7-8H2,2H3. The topological polar surface area (TPSA) is 17.1 Å². The van der Waals surface area contributed by atoms with Gasteiger partial charge in [-0.25, -0.2) is 0 Å². The monoisotopic (exact) mass is 134 g/mol. The zero-order valence-electron chi connectivity index (χ0n) is 6.11. The molecule has 0 radical (unpaired) electrons. The second kappa shape index (κ2) is 5.88. The second-order valence-electron chi connectivity index (χ2n) is 1.89. The molecular formula is C9H10O. The minimum atomic E-state index is 0.195. The number of ketones is 1. The zero-order chi connectivity index (χ0) is 7.82. The van der Waals surface area contributed by atoms with Crippen molar-refractivity contribution in [2.75, 3.05) is 0 Å². The van der Waals surface area contributed by atoms with Gasteiger partial charge in [-0.15, -0.1) is 0 Å². The van der Waals surface area contributed by atoms with Crippen molar-refractivity contribution in [1.29, 1.82) is 0 Å². The predicted molar refractivity (Wildman–Crippen MR) is 40.7 cm³/mol. The van der Waals surface area contributed by atoms with Crippen LogP contribution in [0.1, 0.15) is 19.8 Å². The average Bonchev–Trinajstić information content (AvgIpc) is 1.87. The molecule has 0 spiro atoms. The summed E-state index contributed by atoms with van der Waals surface area (Å²) in [5, 5.41) is 0. The van der Waals surface area contributed by atoms with Crippen LogP contribution in [-0.2, 0) is 4.79 Å². The first-order chi connectivity index (χ1) is 4.77. The van der Waals surface area contributed by atoms with E-state index in [1.165, 1.54) is 0 Å². The minimum Gasteiger partial charge on any atom is -0.300 e. The molecule has 0 aromatic heterocycles. The van der Waals surface area contributed by atoms with Crippen LogP contribution in [0.15, 0.2) is 29.8 Å². The van der Waals surface area contributed by atoms with Crippen LogP contribution < -0.4 is 0 Å². The van der Waals surface area contributed by atoms with E-state index < -0.39 is 0 Å². The molecule has 10 heavy (non-hydrogen) atoms. The molecule has 52 valence electrons. The van der Waals surface area contributed by atoms with Gasteiger partial charge in [-0.1, -0.05) is 11.5 Å². The van der Waals surface area contributed by atoms with Crippen LogP contribution >= 0.6 is 0 Å². The van der Waals surface area contributed by atoms with Gasteiger partial charge in [0.05, 0.1) is 0 Å². The van der Waals surface area contributed by atoms with Gasteiger partial charge in [0.2, 0.25) is 0 Å². The van der Waals surface area contributed by atoms with Crippen molar-refractivity contribution in [2.45, 2.75) is 19.8 Å². The van der Waals surface area contributed by atoms with Crippen LogP contribution in [-0.4, -0.2) is 5.78 Å². The van der Waals surface area contributed by atoms with Gasteiger partial charge in [0.1, 0.15) is 5.78 Å². The molecule has 0 fully saturated rings. The van der Waals surface area contributed by atoms with Gasteiger partial charge in [-0.2, -0.15) is 0 Å². The Morgan fingerprint density at radius 1 is 1.70 bits per heavy atom. The average molecular weight is 134 g/mol. The summed E-state index contributed by atoms with van der Waals surface area (Å²) in [6.07, 6.45) is 3.05. The van der Waals surface area contributed by atoms with E-state index in [9.17, 15) is 4.79 Å². The molecule has 0 unspecified atom stereocenters. The van der Waals surface area contributed by atoms with Gasteiger partial charge in [0.25, 0.3) is 0 Å². The smallest absolute Gasteiger partial charge is 0.130 e. The highest BCUT2D eigenvalue weighted by Crippen LogP contribution is 1.89. The first kappa shape index (κ1) is 8.75. The van der Waals surface area contributed by atoms with Crippen LogP contribution in [0.3, 0.4) is 0 Å². The van der Waals surface area contributed by atoms with Gasteiger partial charge in [-0.05, 0) is 31.7 Å². The largest absolute Gasteiger partial charge is 0.300 e. The number of carbonyl (C=O) groups is 1. The Morgan fingerprint density at radius 3 is 2.90 bits per heavy atom. The van der Waals surface area contributed by atoms with Crippen molar-refractivity contribution >= 4 is 5.78 Å².